The molecular weight excluding hydrogens is 670 g/mol. The number of methoxy groups -OCH3 is 1. The number of alkyl carbamates (subject to hydrolysis) is 1. The van der Waals surface area contributed by atoms with E-state index in [9.17, 15) is 27.7 Å². The Kier molecular flexibility index (Phi) is 10.8. The molecule has 2 N–H and O–H groups in total. The van der Waals surface area contributed by atoms with Gasteiger partial charge in [0.1, 0.15) is 5.82 Å². The van der Waals surface area contributed by atoms with Crippen LogP contribution in [0.15, 0.2) is 95.2 Å². The Morgan fingerprint density at radius 1 is 1.02 bits per heavy atom. The zero-order valence-corrected chi connectivity index (χ0v) is 29.6. The number of anilines is 2. The molecule has 3 aromatic carbocycles. The highest BCUT2D eigenvalue weighted by Gasteiger charge is 2.52. The standard InChI is InChI=1S/C39H44FN5O5S/c1-3-37(46)42-31-9-5-10-34(22-31)51(48,49)33-15-13-32(14-16-33)45-24-27(25-45)23-44-19-17-28(18-20-44)39(26-41,29-7-4-8-30(40)21-29)35-11-6-12-36(35)43-38(47)50-2/h3-5,7-10,13-16,21-22,27-28,35-36H,1,6,11-12,17-20,23-25H2,2H3,(H,42,46)(H,43,47)/t35-,36-,39+/m0/s1. The fourth-order valence-corrected chi connectivity index (χ4v) is 9.67. The van der Waals surface area contributed by atoms with Gasteiger partial charge in [0.25, 0.3) is 0 Å². The number of carbonyl (C=O) groups is 2. The lowest BCUT2D eigenvalue weighted by atomic mass is 9.59. The van der Waals surface area contributed by atoms with Crippen molar-refractivity contribution in [3.8, 4) is 6.07 Å². The van der Waals surface area contributed by atoms with E-state index in [1.165, 1.54) is 31.4 Å². The molecule has 51 heavy (non-hydrogen) atoms. The van der Waals surface area contributed by atoms with Gasteiger partial charge >= 0.3 is 6.09 Å². The second kappa shape index (κ2) is 15.3. The van der Waals surface area contributed by atoms with Gasteiger partial charge in [-0.1, -0.05) is 31.2 Å². The van der Waals surface area contributed by atoms with Crippen LogP contribution in [-0.2, 0) is 24.8 Å². The molecule has 2 aliphatic heterocycles. The molecule has 0 spiro atoms. The number of hydrogen-bond acceptors (Lipinski definition) is 8. The van der Waals surface area contributed by atoms with Gasteiger partial charge in [-0.05, 0) is 111 Å². The third-order valence-corrected chi connectivity index (χ3v) is 12.7. The molecule has 1 aliphatic carbocycles. The lowest BCUT2D eigenvalue weighted by molar-refractivity contribution is -0.111. The zero-order chi connectivity index (χ0) is 36.2. The number of carbonyl (C=O) groups excluding carboxylic acids is 2. The van der Waals surface area contributed by atoms with Gasteiger partial charge in [-0.3, -0.25) is 4.79 Å². The number of hydrogen-bond donors (Lipinski definition) is 2. The van der Waals surface area contributed by atoms with Gasteiger partial charge < -0.3 is 25.2 Å². The molecule has 2 heterocycles. The van der Waals surface area contributed by atoms with Gasteiger partial charge in [-0.25, -0.2) is 17.6 Å². The van der Waals surface area contributed by atoms with Gasteiger partial charge in [0.15, 0.2) is 0 Å². The summed E-state index contributed by atoms with van der Waals surface area (Å²) in [4.78, 5) is 28.8. The molecule has 0 unspecified atom stereocenters. The number of sulfone groups is 1. The summed E-state index contributed by atoms with van der Waals surface area (Å²) in [5.41, 5.74) is 1.08. The highest BCUT2D eigenvalue weighted by Crippen LogP contribution is 2.50. The summed E-state index contributed by atoms with van der Waals surface area (Å²) < 4.78 is 46.1. The predicted octanol–water partition coefficient (Wildman–Crippen LogP) is 5.92. The first-order valence-electron chi connectivity index (χ1n) is 17.4. The Balaban J connectivity index is 1.06. The smallest absolute Gasteiger partial charge is 0.407 e. The zero-order valence-electron chi connectivity index (χ0n) is 28.8. The Morgan fingerprint density at radius 3 is 2.41 bits per heavy atom. The Morgan fingerprint density at radius 2 is 1.75 bits per heavy atom. The van der Waals surface area contributed by atoms with Crippen LogP contribution in [-0.4, -0.2) is 71.2 Å². The van der Waals surface area contributed by atoms with Crippen LogP contribution in [0.3, 0.4) is 0 Å². The molecule has 6 rings (SSSR count). The molecule has 3 atom stereocenters. The number of halogens is 1. The first-order valence-corrected chi connectivity index (χ1v) is 18.9. The maximum atomic E-state index is 14.6. The summed E-state index contributed by atoms with van der Waals surface area (Å²) in [6.07, 6.45) is 4.59. The molecule has 12 heteroatoms. The predicted molar refractivity (Wildman–Crippen MR) is 192 cm³/mol. The van der Waals surface area contributed by atoms with Crippen molar-refractivity contribution < 1.29 is 27.1 Å². The number of rotatable bonds is 11. The van der Waals surface area contributed by atoms with Crippen LogP contribution < -0.4 is 15.5 Å². The lowest BCUT2D eigenvalue weighted by Crippen LogP contribution is -2.55. The number of ether oxygens (including phenoxy) is 1. The van der Waals surface area contributed by atoms with Crippen molar-refractivity contribution in [2.45, 2.75) is 53.4 Å². The van der Waals surface area contributed by atoms with Crippen LogP contribution in [0.2, 0.25) is 0 Å². The van der Waals surface area contributed by atoms with Crippen LogP contribution >= 0.6 is 0 Å². The van der Waals surface area contributed by atoms with Crippen LogP contribution in [0, 0.1) is 34.9 Å². The molecule has 2 saturated heterocycles. The number of benzene rings is 3. The number of piperidine rings is 1. The second-order valence-electron chi connectivity index (χ2n) is 13.8. The van der Waals surface area contributed by atoms with E-state index in [0.717, 1.165) is 76.6 Å². The molecule has 0 bridgehead atoms. The molecule has 0 aromatic heterocycles. The summed E-state index contributed by atoms with van der Waals surface area (Å²) >= 11 is 0. The normalized spacial score (nSPS) is 21.2. The van der Waals surface area contributed by atoms with E-state index in [0.29, 0.717) is 17.2 Å². The van der Waals surface area contributed by atoms with Gasteiger partial charge in [-0.15, -0.1) is 0 Å². The Hall–Kier alpha value is -4.73. The van der Waals surface area contributed by atoms with Gasteiger partial charge in [0, 0.05) is 48.9 Å². The van der Waals surface area contributed by atoms with Gasteiger partial charge in [-0.2, -0.15) is 5.26 Å². The van der Waals surface area contributed by atoms with Crippen molar-refractivity contribution in [1.82, 2.24) is 10.2 Å². The van der Waals surface area contributed by atoms with Crippen LogP contribution in [0.25, 0.3) is 0 Å². The van der Waals surface area contributed by atoms with E-state index < -0.39 is 27.3 Å². The Bertz CT molecular complexity index is 1900. The summed E-state index contributed by atoms with van der Waals surface area (Å²) in [5, 5.41) is 16.5. The van der Waals surface area contributed by atoms with Crippen molar-refractivity contribution in [1.29, 1.82) is 5.26 Å². The van der Waals surface area contributed by atoms with Gasteiger partial charge in [0.05, 0.1) is 28.4 Å². The first-order chi connectivity index (χ1) is 24.6. The number of nitrogens with zero attached hydrogens (tertiary/aromatic N) is 3. The second-order valence-corrected chi connectivity index (χ2v) is 15.8. The number of nitrogens with one attached hydrogen (secondary N) is 2. The number of likely N-dealkylation sites (tertiary alicyclic amines) is 1. The highest BCUT2D eigenvalue weighted by molar-refractivity contribution is 7.91. The van der Waals surface area contributed by atoms with E-state index in [4.69, 9.17) is 4.74 Å². The molecule has 3 aromatic rings. The summed E-state index contributed by atoms with van der Waals surface area (Å²) in [6.45, 7) is 7.70. The molecule has 10 nitrogen and oxygen atoms in total. The van der Waals surface area contributed by atoms with E-state index >= 15 is 0 Å². The average molecular weight is 714 g/mol. The maximum Gasteiger partial charge on any atom is 0.407 e. The van der Waals surface area contributed by atoms with Crippen molar-refractivity contribution in [3.63, 3.8) is 0 Å². The third-order valence-electron chi connectivity index (χ3n) is 10.9. The topological polar surface area (TPSA) is 132 Å². The van der Waals surface area contributed by atoms with Crippen LogP contribution in [0.1, 0.15) is 37.7 Å². The number of amides is 2. The summed E-state index contributed by atoms with van der Waals surface area (Å²) in [5.74, 6) is -0.488. The molecule has 2 amide bonds. The minimum Gasteiger partial charge on any atom is -0.453 e. The van der Waals surface area contributed by atoms with E-state index in [1.54, 1.807) is 30.3 Å². The highest BCUT2D eigenvalue weighted by atomic mass is 32.2. The maximum absolute atomic E-state index is 14.6. The lowest BCUT2D eigenvalue weighted by Gasteiger charge is -2.48. The monoisotopic (exact) mass is 713 g/mol. The first kappa shape index (κ1) is 36.1. The van der Waals surface area contributed by atoms with E-state index in [-0.39, 0.29) is 33.5 Å². The molecule has 3 fully saturated rings. The average Bonchev–Trinajstić information content (AvgIpc) is 3.59. The molecule has 1 saturated carbocycles. The van der Waals surface area contributed by atoms with Gasteiger partial charge in [0.2, 0.25) is 15.7 Å². The van der Waals surface area contributed by atoms with E-state index in [2.05, 4.69) is 33.1 Å². The fourth-order valence-electron chi connectivity index (χ4n) is 8.36. The molecular formula is C39H44FN5O5S. The van der Waals surface area contributed by atoms with Crippen molar-refractivity contribution in [3.05, 3.63) is 96.8 Å². The summed E-state index contributed by atoms with van der Waals surface area (Å²) in [7, 11) is -2.45. The molecule has 3 aliphatic rings. The quantitative estimate of drug-likeness (QED) is 0.234. The third kappa shape index (κ3) is 7.51. The minimum absolute atomic E-state index is 0.00616. The van der Waals surface area contributed by atoms with Crippen LogP contribution in [0.4, 0.5) is 20.6 Å². The minimum atomic E-state index is -3.78. The molecule has 0 radical (unpaired) electrons. The van der Waals surface area contributed by atoms with E-state index in [1.807, 2.05) is 18.2 Å². The number of nitriles is 1. The largest absolute Gasteiger partial charge is 0.453 e. The van der Waals surface area contributed by atoms with Crippen molar-refractivity contribution in [2.75, 3.05) is 50.1 Å². The fraction of sp³-hybridized carbons (Fsp3) is 0.410. The Labute approximate surface area is 299 Å². The van der Waals surface area contributed by atoms with Crippen LogP contribution in [0.5, 0.6) is 0 Å². The molecule has 268 valence electrons. The SMILES string of the molecule is C=CC(=O)Nc1cccc(S(=O)(=O)c2ccc(N3CC(CN4CCC([C@](C#N)(c5cccc(F)c5)[C@H]5CCC[C@@H]5NC(=O)OC)CC4)C3)cc2)c1. The summed E-state index contributed by atoms with van der Waals surface area (Å²) in [6, 6.07) is 21.9. The van der Waals surface area contributed by atoms with Crippen molar-refractivity contribution in [2.24, 2.45) is 17.8 Å². The van der Waals surface area contributed by atoms with Crippen molar-refractivity contribution >= 4 is 33.2 Å².